The minimum atomic E-state index is -4.91. The van der Waals surface area contributed by atoms with Crippen LogP contribution in [-0.4, -0.2) is 30.4 Å². The summed E-state index contributed by atoms with van der Waals surface area (Å²) in [5.74, 6) is -8.45. The fourth-order valence-electron chi connectivity index (χ4n) is 2.47. The monoisotopic (exact) mass is 420 g/mol. The van der Waals surface area contributed by atoms with Crippen LogP contribution in [0.2, 0.25) is 0 Å². The molecule has 0 aliphatic rings. The molecule has 2 aromatic carbocycles. The van der Waals surface area contributed by atoms with E-state index in [9.17, 15) is 30.8 Å². The van der Waals surface area contributed by atoms with E-state index in [0.717, 1.165) is 0 Å². The highest BCUT2D eigenvalue weighted by molar-refractivity contribution is 7.89. The highest BCUT2D eigenvalue weighted by atomic mass is 32.2. The lowest BCUT2D eigenvalue weighted by atomic mass is 10.1. The number of rotatable bonds is 7. The van der Waals surface area contributed by atoms with Gasteiger partial charge in [-0.1, -0.05) is 19.1 Å². The van der Waals surface area contributed by atoms with Gasteiger partial charge in [-0.25, -0.2) is 31.5 Å². The summed E-state index contributed by atoms with van der Waals surface area (Å²) in [7, 11) is -4.91. The molecular formula is C17H16F4N2O4S. The van der Waals surface area contributed by atoms with Crippen LogP contribution in [0.25, 0.3) is 0 Å². The molecule has 152 valence electrons. The smallest absolute Gasteiger partial charge is 0.274 e. The Hall–Kier alpha value is -2.50. The van der Waals surface area contributed by atoms with Crippen molar-refractivity contribution in [1.29, 1.82) is 0 Å². The lowest BCUT2D eigenvalue weighted by Gasteiger charge is -2.22. The van der Waals surface area contributed by atoms with Gasteiger partial charge in [0.25, 0.3) is 5.91 Å². The van der Waals surface area contributed by atoms with Crippen molar-refractivity contribution in [3.8, 4) is 0 Å². The summed E-state index contributed by atoms with van der Waals surface area (Å²) in [6.07, 6.45) is 0.255. The number of nitrogens with one attached hydrogen (secondary N) is 1. The maximum Gasteiger partial charge on any atom is 0.274 e. The molecular weight excluding hydrogens is 404 g/mol. The first kappa shape index (κ1) is 21.8. The van der Waals surface area contributed by atoms with E-state index in [0.29, 0.717) is 9.87 Å². The first-order chi connectivity index (χ1) is 13.1. The first-order valence-corrected chi connectivity index (χ1v) is 9.44. The summed E-state index contributed by atoms with van der Waals surface area (Å²) in [5, 5.41) is 8.58. The summed E-state index contributed by atoms with van der Waals surface area (Å²) >= 11 is 0. The van der Waals surface area contributed by atoms with Crippen molar-refractivity contribution in [1.82, 2.24) is 9.79 Å². The average Bonchev–Trinajstić information content (AvgIpc) is 2.66. The van der Waals surface area contributed by atoms with Crippen LogP contribution < -0.4 is 5.48 Å². The van der Waals surface area contributed by atoms with Gasteiger partial charge in [0.15, 0.2) is 28.2 Å². The molecule has 0 spiro atoms. The Kier molecular flexibility index (Phi) is 6.75. The van der Waals surface area contributed by atoms with Gasteiger partial charge in [-0.05, 0) is 24.1 Å². The predicted octanol–water partition coefficient (Wildman–Crippen LogP) is 2.96. The molecule has 2 aromatic rings. The third-order valence-electron chi connectivity index (χ3n) is 3.82. The molecule has 28 heavy (non-hydrogen) atoms. The van der Waals surface area contributed by atoms with Crippen molar-refractivity contribution < 1.29 is 36.0 Å². The molecule has 0 aromatic heterocycles. The average molecular weight is 420 g/mol. The van der Waals surface area contributed by atoms with E-state index in [1.165, 1.54) is 29.7 Å². The van der Waals surface area contributed by atoms with Crippen LogP contribution >= 0.6 is 0 Å². The van der Waals surface area contributed by atoms with Crippen molar-refractivity contribution in [2.45, 2.75) is 24.8 Å². The van der Waals surface area contributed by atoms with E-state index < -0.39 is 44.1 Å². The molecule has 2 rings (SSSR count). The molecule has 0 atom stereocenters. The Labute approximate surface area is 158 Å². The minimum absolute atomic E-state index is 0.0707. The maximum atomic E-state index is 14.0. The molecule has 0 saturated heterocycles. The molecule has 0 radical (unpaired) electrons. The molecule has 2 N–H and O–H groups in total. The van der Waals surface area contributed by atoms with Crippen molar-refractivity contribution in [3.05, 3.63) is 64.7 Å². The molecule has 0 aliphatic heterocycles. The third kappa shape index (κ3) is 4.32. The van der Waals surface area contributed by atoms with Crippen LogP contribution in [0.5, 0.6) is 0 Å². The number of hydrogen-bond donors (Lipinski definition) is 2. The number of halogens is 4. The number of hydroxylamine groups is 1. The van der Waals surface area contributed by atoms with Crippen LogP contribution in [0.15, 0.2) is 35.2 Å². The van der Waals surface area contributed by atoms with E-state index in [1.54, 1.807) is 6.92 Å². The Morgan fingerprint density at radius 2 is 1.61 bits per heavy atom. The number of nitrogens with zero attached hydrogens (tertiary/aromatic N) is 1. The highest BCUT2D eigenvalue weighted by Crippen LogP contribution is 2.28. The van der Waals surface area contributed by atoms with Gasteiger partial charge in [0, 0.05) is 24.7 Å². The van der Waals surface area contributed by atoms with Crippen molar-refractivity contribution >= 4 is 15.9 Å². The molecule has 0 fully saturated rings. The Bertz CT molecular complexity index is 955. The van der Waals surface area contributed by atoms with Crippen LogP contribution in [-0.2, 0) is 16.6 Å². The van der Waals surface area contributed by atoms with Crippen LogP contribution in [0.1, 0.15) is 29.3 Å². The summed E-state index contributed by atoms with van der Waals surface area (Å²) in [5.41, 5.74) is 1.85. The largest absolute Gasteiger partial charge is 0.288 e. The van der Waals surface area contributed by atoms with Crippen molar-refractivity contribution in [2.24, 2.45) is 0 Å². The third-order valence-corrected chi connectivity index (χ3v) is 5.68. The second-order valence-corrected chi connectivity index (χ2v) is 7.65. The fraction of sp³-hybridized carbons (Fsp3) is 0.235. The Morgan fingerprint density at radius 3 is 2.07 bits per heavy atom. The van der Waals surface area contributed by atoms with Gasteiger partial charge in [0.2, 0.25) is 10.0 Å². The molecule has 0 bridgehead atoms. The zero-order valence-corrected chi connectivity index (χ0v) is 15.4. The van der Waals surface area contributed by atoms with E-state index in [1.807, 2.05) is 0 Å². The summed E-state index contributed by atoms with van der Waals surface area (Å²) < 4.78 is 81.0. The zero-order chi connectivity index (χ0) is 21.1. The van der Waals surface area contributed by atoms with E-state index in [2.05, 4.69) is 0 Å². The zero-order valence-electron chi connectivity index (χ0n) is 14.5. The van der Waals surface area contributed by atoms with Gasteiger partial charge in [-0.2, -0.15) is 4.31 Å². The van der Waals surface area contributed by atoms with Crippen LogP contribution in [0, 0.1) is 23.3 Å². The predicted molar refractivity (Wildman–Crippen MR) is 89.9 cm³/mol. The molecule has 11 heteroatoms. The van der Waals surface area contributed by atoms with Crippen LogP contribution in [0.4, 0.5) is 17.6 Å². The first-order valence-electron chi connectivity index (χ1n) is 8.00. The standard InChI is InChI=1S/C17H16F4N2O4S/c1-2-7-23(9-10-3-5-11(6-4-10)17(24)22-25)28(26,27)16-14(20)12(18)8-13(19)15(16)21/h3-6,8,25H,2,7,9H2,1H3,(H,22,24). The van der Waals surface area contributed by atoms with Gasteiger partial charge >= 0.3 is 0 Å². The second-order valence-electron chi connectivity index (χ2n) is 5.77. The lowest BCUT2D eigenvalue weighted by molar-refractivity contribution is 0.0706. The quantitative estimate of drug-likeness (QED) is 0.312. The molecule has 0 saturated carbocycles. The molecule has 6 nitrogen and oxygen atoms in total. The van der Waals surface area contributed by atoms with Gasteiger partial charge in [0.1, 0.15) is 0 Å². The summed E-state index contributed by atoms with van der Waals surface area (Å²) in [4.78, 5) is 9.61. The SMILES string of the molecule is CCCN(Cc1ccc(C(=O)NO)cc1)S(=O)(=O)c1c(F)c(F)cc(F)c1F. The van der Waals surface area contributed by atoms with E-state index in [-0.39, 0.29) is 31.1 Å². The Morgan fingerprint density at radius 1 is 1.07 bits per heavy atom. The van der Waals surface area contributed by atoms with Gasteiger partial charge < -0.3 is 0 Å². The van der Waals surface area contributed by atoms with Gasteiger partial charge in [-0.3, -0.25) is 10.0 Å². The van der Waals surface area contributed by atoms with Gasteiger partial charge in [0.05, 0.1) is 0 Å². The van der Waals surface area contributed by atoms with Gasteiger partial charge in [-0.15, -0.1) is 0 Å². The number of hydrogen-bond acceptors (Lipinski definition) is 4. The van der Waals surface area contributed by atoms with E-state index in [4.69, 9.17) is 5.21 Å². The molecule has 1 amide bonds. The normalized spacial score (nSPS) is 11.7. The molecule has 0 heterocycles. The maximum absolute atomic E-state index is 14.0. The number of benzene rings is 2. The summed E-state index contributed by atoms with van der Waals surface area (Å²) in [6, 6.07) is 5.24. The number of sulfonamides is 1. The van der Waals surface area contributed by atoms with E-state index >= 15 is 0 Å². The number of amides is 1. The number of carbonyl (C=O) groups excluding carboxylic acids is 1. The number of carbonyl (C=O) groups is 1. The Balaban J connectivity index is 2.45. The molecule has 0 aliphatic carbocycles. The highest BCUT2D eigenvalue weighted by Gasteiger charge is 2.34. The fourth-order valence-corrected chi connectivity index (χ4v) is 4.12. The minimum Gasteiger partial charge on any atom is -0.288 e. The second kappa shape index (κ2) is 8.67. The molecule has 0 unspecified atom stereocenters. The van der Waals surface area contributed by atoms with Crippen molar-refractivity contribution in [3.63, 3.8) is 0 Å². The topological polar surface area (TPSA) is 86.7 Å². The van der Waals surface area contributed by atoms with Crippen LogP contribution in [0.3, 0.4) is 0 Å². The lowest BCUT2D eigenvalue weighted by Crippen LogP contribution is -2.33. The summed E-state index contributed by atoms with van der Waals surface area (Å²) in [6.45, 7) is 1.06. The van der Waals surface area contributed by atoms with Crippen molar-refractivity contribution in [2.75, 3.05) is 6.54 Å².